The van der Waals surface area contributed by atoms with Crippen LogP contribution in [-0.4, -0.2) is 49.6 Å². The molecule has 2 aromatic heterocycles. The van der Waals surface area contributed by atoms with E-state index >= 15 is 0 Å². The second-order valence-corrected chi connectivity index (χ2v) is 8.60. The first-order chi connectivity index (χ1) is 13.6. The summed E-state index contributed by atoms with van der Waals surface area (Å²) in [6, 6.07) is 1.58. The number of hydrogen-bond acceptors (Lipinski definition) is 6. The van der Waals surface area contributed by atoms with E-state index in [2.05, 4.69) is 15.4 Å². The lowest BCUT2D eigenvalue weighted by atomic mass is 10.1. The van der Waals surface area contributed by atoms with E-state index < -0.39 is 17.9 Å². The van der Waals surface area contributed by atoms with Crippen LogP contribution in [0.15, 0.2) is 17.8 Å². The van der Waals surface area contributed by atoms with Crippen LogP contribution < -0.4 is 10.2 Å². The van der Waals surface area contributed by atoms with Gasteiger partial charge in [-0.2, -0.15) is 9.61 Å². The number of aromatic nitrogens is 3. The molecule has 2 fully saturated rings. The van der Waals surface area contributed by atoms with E-state index in [1.165, 1.54) is 4.52 Å². The zero-order chi connectivity index (χ0) is 20.9. The van der Waals surface area contributed by atoms with Gasteiger partial charge in [0.2, 0.25) is 5.91 Å². The van der Waals surface area contributed by atoms with Crippen molar-refractivity contribution in [3.63, 3.8) is 0 Å². The maximum absolute atomic E-state index is 12.9. The van der Waals surface area contributed by atoms with Crippen molar-refractivity contribution in [2.45, 2.75) is 57.9 Å². The minimum absolute atomic E-state index is 0.00767. The Labute approximate surface area is 172 Å². The highest BCUT2D eigenvalue weighted by atomic mass is 35.5. The van der Waals surface area contributed by atoms with E-state index in [-0.39, 0.29) is 23.5 Å². The van der Waals surface area contributed by atoms with Crippen molar-refractivity contribution < 1.29 is 19.4 Å². The topological polar surface area (TPSA) is 109 Å². The molecular weight excluding hydrogens is 398 g/mol. The van der Waals surface area contributed by atoms with E-state index in [0.29, 0.717) is 22.6 Å². The first kappa shape index (κ1) is 19.7. The number of aliphatic hydroxyl groups excluding tert-OH is 1. The number of fused-ring (bicyclic) bond motifs is 1. The SMILES string of the molecule is CC(C)(C)OC(=O)N(c1cc(Cl)nc2c(/C=C3\CC(O)NC3=O)cnn12)C1CC1. The molecule has 1 aliphatic carbocycles. The van der Waals surface area contributed by atoms with Crippen molar-refractivity contribution in [1.29, 1.82) is 0 Å². The fourth-order valence-electron chi connectivity index (χ4n) is 3.19. The standard InChI is InChI=1S/C19H22ClN5O4/c1-19(2,3)29-18(28)24(12-4-5-12)15-8-13(20)22-16-11(9-21-25(15)16)6-10-7-14(26)23-17(10)27/h6,8-9,12,14,26H,4-5,7H2,1-3H3,(H,23,27)/b10-6+. The summed E-state index contributed by atoms with van der Waals surface area (Å²) in [6.45, 7) is 5.43. The van der Waals surface area contributed by atoms with Crippen LogP contribution in [0.25, 0.3) is 11.7 Å². The number of hydrogen-bond donors (Lipinski definition) is 2. The largest absolute Gasteiger partial charge is 0.443 e. The Kier molecular flexibility index (Phi) is 4.74. The molecule has 0 spiro atoms. The van der Waals surface area contributed by atoms with Gasteiger partial charge in [0.15, 0.2) is 5.65 Å². The lowest BCUT2D eigenvalue weighted by Crippen LogP contribution is -2.39. The molecule has 0 radical (unpaired) electrons. The van der Waals surface area contributed by atoms with Crippen LogP contribution in [0.5, 0.6) is 0 Å². The minimum atomic E-state index is -0.903. The Morgan fingerprint density at radius 1 is 1.45 bits per heavy atom. The number of rotatable bonds is 3. The summed E-state index contributed by atoms with van der Waals surface area (Å²) < 4.78 is 7.09. The van der Waals surface area contributed by atoms with Gasteiger partial charge in [0.1, 0.15) is 22.8 Å². The number of anilines is 1. The van der Waals surface area contributed by atoms with Gasteiger partial charge in [-0.15, -0.1) is 0 Å². The second-order valence-electron chi connectivity index (χ2n) is 8.22. The Bertz CT molecular complexity index is 1020. The van der Waals surface area contributed by atoms with E-state index in [4.69, 9.17) is 16.3 Å². The predicted molar refractivity (Wildman–Crippen MR) is 106 cm³/mol. The zero-order valence-corrected chi connectivity index (χ0v) is 17.1. The Morgan fingerprint density at radius 2 is 2.17 bits per heavy atom. The third kappa shape index (κ3) is 4.06. The van der Waals surface area contributed by atoms with Gasteiger partial charge in [0.25, 0.3) is 0 Å². The molecule has 4 rings (SSSR count). The number of halogens is 1. The number of aliphatic hydroxyl groups is 1. The van der Waals surface area contributed by atoms with Crippen molar-refractivity contribution in [3.8, 4) is 0 Å². The molecule has 2 aliphatic rings. The van der Waals surface area contributed by atoms with E-state index in [1.807, 2.05) is 20.8 Å². The van der Waals surface area contributed by atoms with Gasteiger partial charge in [-0.25, -0.2) is 9.78 Å². The molecule has 2 N–H and O–H groups in total. The summed E-state index contributed by atoms with van der Waals surface area (Å²) in [7, 11) is 0. The third-order valence-corrected chi connectivity index (χ3v) is 4.72. The van der Waals surface area contributed by atoms with E-state index in [9.17, 15) is 14.7 Å². The molecule has 1 atom stereocenters. The summed E-state index contributed by atoms with van der Waals surface area (Å²) in [5.74, 6) is 0.116. The minimum Gasteiger partial charge on any atom is -0.443 e. The highest BCUT2D eigenvalue weighted by molar-refractivity contribution is 6.29. The van der Waals surface area contributed by atoms with E-state index in [1.54, 1.807) is 23.2 Å². The number of nitrogens with one attached hydrogen (secondary N) is 1. The van der Waals surface area contributed by atoms with Gasteiger partial charge in [-0.1, -0.05) is 11.6 Å². The fraction of sp³-hybridized carbons (Fsp3) is 0.474. The number of amides is 2. The number of ether oxygens (including phenoxy) is 1. The van der Waals surface area contributed by atoms with Gasteiger partial charge in [0.05, 0.1) is 6.20 Å². The normalized spacial score (nSPS) is 20.9. The smallest absolute Gasteiger partial charge is 0.416 e. The molecule has 0 aromatic carbocycles. The van der Waals surface area contributed by atoms with Gasteiger partial charge >= 0.3 is 6.09 Å². The molecule has 9 nitrogen and oxygen atoms in total. The van der Waals surface area contributed by atoms with Crippen LogP contribution in [0.3, 0.4) is 0 Å². The molecule has 0 bridgehead atoms. The molecule has 2 amide bonds. The zero-order valence-electron chi connectivity index (χ0n) is 16.3. The van der Waals surface area contributed by atoms with Gasteiger partial charge in [-0.05, 0) is 39.7 Å². The number of carbonyl (C=O) groups excluding carboxylic acids is 2. The van der Waals surface area contributed by atoms with Crippen LogP contribution in [-0.2, 0) is 9.53 Å². The fourth-order valence-corrected chi connectivity index (χ4v) is 3.37. The summed E-state index contributed by atoms with van der Waals surface area (Å²) in [4.78, 5) is 30.7. The molecule has 3 heterocycles. The molecule has 1 aliphatic heterocycles. The Morgan fingerprint density at radius 3 is 2.76 bits per heavy atom. The maximum atomic E-state index is 12.9. The van der Waals surface area contributed by atoms with Crippen LogP contribution in [0, 0.1) is 0 Å². The van der Waals surface area contributed by atoms with Crippen LogP contribution >= 0.6 is 11.6 Å². The Hall–Kier alpha value is -2.65. The Balaban J connectivity index is 1.77. The number of nitrogens with zero attached hydrogens (tertiary/aromatic N) is 4. The quantitative estimate of drug-likeness (QED) is 0.584. The third-order valence-electron chi connectivity index (χ3n) is 4.53. The lowest BCUT2D eigenvalue weighted by molar-refractivity contribution is -0.117. The highest BCUT2D eigenvalue weighted by Gasteiger charge is 2.38. The number of carbonyl (C=O) groups is 2. The molecule has 29 heavy (non-hydrogen) atoms. The second kappa shape index (κ2) is 7.00. The molecule has 154 valence electrons. The summed E-state index contributed by atoms with van der Waals surface area (Å²) >= 11 is 6.26. The summed E-state index contributed by atoms with van der Waals surface area (Å²) in [5.41, 5.74) is 0.745. The van der Waals surface area contributed by atoms with E-state index in [0.717, 1.165) is 12.8 Å². The molecule has 1 saturated heterocycles. The van der Waals surface area contributed by atoms with Gasteiger partial charge < -0.3 is 15.2 Å². The molecule has 1 saturated carbocycles. The van der Waals surface area contributed by atoms with Crippen LogP contribution in [0.4, 0.5) is 10.6 Å². The lowest BCUT2D eigenvalue weighted by Gasteiger charge is -2.27. The first-order valence-electron chi connectivity index (χ1n) is 9.38. The monoisotopic (exact) mass is 419 g/mol. The summed E-state index contributed by atoms with van der Waals surface area (Å²) in [6.07, 6.45) is 3.70. The van der Waals surface area contributed by atoms with Gasteiger partial charge in [-0.3, -0.25) is 9.69 Å². The molecular formula is C19H22ClN5O4. The maximum Gasteiger partial charge on any atom is 0.416 e. The highest BCUT2D eigenvalue weighted by Crippen LogP contribution is 2.35. The van der Waals surface area contributed by atoms with Crippen molar-refractivity contribution >= 4 is 41.1 Å². The van der Waals surface area contributed by atoms with Gasteiger partial charge in [0, 0.05) is 29.7 Å². The van der Waals surface area contributed by atoms with Crippen molar-refractivity contribution in [2.24, 2.45) is 0 Å². The van der Waals surface area contributed by atoms with Crippen molar-refractivity contribution in [3.05, 3.63) is 28.6 Å². The molecule has 10 heteroatoms. The van der Waals surface area contributed by atoms with Crippen molar-refractivity contribution in [1.82, 2.24) is 19.9 Å². The first-order valence-corrected chi connectivity index (χ1v) is 9.76. The van der Waals surface area contributed by atoms with Crippen LogP contribution in [0.1, 0.15) is 45.6 Å². The predicted octanol–water partition coefficient (Wildman–Crippen LogP) is 2.51. The average Bonchev–Trinajstić information content (AvgIpc) is 3.25. The summed E-state index contributed by atoms with van der Waals surface area (Å²) in [5, 5.41) is 16.6. The average molecular weight is 420 g/mol. The van der Waals surface area contributed by atoms with Crippen LogP contribution in [0.2, 0.25) is 5.15 Å². The molecule has 2 aromatic rings. The van der Waals surface area contributed by atoms with Crippen molar-refractivity contribution in [2.75, 3.05) is 4.90 Å². The molecule has 1 unspecified atom stereocenters.